The molecule has 0 bridgehead atoms. The highest BCUT2D eigenvalue weighted by atomic mass is 19.1. The van der Waals surface area contributed by atoms with Gasteiger partial charge in [-0.05, 0) is 30.6 Å². The summed E-state index contributed by atoms with van der Waals surface area (Å²) in [6, 6.07) is 4.55. The molecule has 6 heteroatoms. The van der Waals surface area contributed by atoms with Crippen molar-refractivity contribution in [2.24, 2.45) is 0 Å². The van der Waals surface area contributed by atoms with Crippen LogP contribution in [0.5, 0.6) is 0 Å². The topological polar surface area (TPSA) is 62.5 Å². The lowest BCUT2D eigenvalue weighted by Crippen LogP contribution is -2.47. The molecular weight excluding hydrogens is 271 g/mol. The maximum Gasteiger partial charge on any atom is 0.256 e. The number of rotatable bonds is 1. The summed E-state index contributed by atoms with van der Waals surface area (Å²) in [6.07, 6.45) is 1.51. The Labute approximate surface area is 122 Å². The highest BCUT2D eigenvalue weighted by Crippen LogP contribution is 2.21. The fourth-order valence-corrected chi connectivity index (χ4v) is 2.53. The monoisotopic (exact) mass is 288 g/mol. The van der Waals surface area contributed by atoms with Crippen LogP contribution in [0.4, 0.5) is 10.2 Å². The number of nitrogens with zero attached hydrogens (tertiary/aromatic N) is 3. The van der Waals surface area contributed by atoms with Crippen LogP contribution in [0.25, 0.3) is 10.8 Å². The molecule has 110 valence electrons. The van der Waals surface area contributed by atoms with Crippen molar-refractivity contribution in [3.63, 3.8) is 0 Å². The van der Waals surface area contributed by atoms with E-state index in [1.165, 1.54) is 12.3 Å². The van der Waals surface area contributed by atoms with Crippen molar-refractivity contribution in [2.75, 3.05) is 39.0 Å². The van der Waals surface area contributed by atoms with Gasteiger partial charge in [0.2, 0.25) is 0 Å². The highest BCUT2D eigenvalue weighted by Gasteiger charge is 2.23. The van der Waals surface area contributed by atoms with Crippen LogP contribution in [0.15, 0.2) is 24.4 Å². The molecule has 1 amide bonds. The first-order chi connectivity index (χ1) is 10.0. The van der Waals surface area contributed by atoms with Gasteiger partial charge in [0.05, 0.1) is 5.56 Å². The molecule has 5 nitrogen and oxygen atoms in total. The van der Waals surface area contributed by atoms with Gasteiger partial charge in [-0.25, -0.2) is 9.37 Å². The number of amides is 1. The number of carbonyl (C=O) groups excluding carboxylic acids is 1. The molecule has 0 saturated carbocycles. The van der Waals surface area contributed by atoms with E-state index in [1.807, 2.05) is 7.05 Å². The average molecular weight is 288 g/mol. The van der Waals surface area contributed by atoms with E-state index in [0.29, 0.717) is 24.3 Å². The van der Waals surface area contributed by atoms with Gasteiger partial charge in [-0.15, -0.1) is 0 Å². The standard InChI is InChI=1S/C15H17FN4O/c1-19-2-4-20(5-3-19)15(21)12-6-10-8-14(17)18-9-11(10)7-13(12)16/h6-9H,2-5H2,1H3,(H2,17,18). The Kier molecular flexibility index (Phi) is 3.47. The fourth-order valence-electron chi connectivity index (χ4n) is 2.53. The van der Waals surface area contributed by atoms with Gasteiger partial charge in [0.1, 0.15) is 11.6 Å². The Balaban J connectivity index is 1.95. The van der Waals surface area contributed by atoms with Gasteiger partial charge < -0.3 is 15.5 Å². The average Bonchev–Trinajstić information content (AvgIpc) is 2.47. The second kappa shape index (κ2) is 5.29. The number of pyridine rings is 1. The number of likely N-dealkylation sites (N-methyl/N-ethyl adjacent to an activating group) is 1. The van der Waals surface area contributed by atoms with Gasteiger partial charge in [-0.3, -0.25) is 4.79 Å². The molecule has 2 N–H and O–H groups in total. The van der Waals surface area contributed by atoms with Crippen molar-refractivity contribution < 1.29 is 9.18 Å². The van der Waals surface area contributed by atoms with Crippen LogP contribution in [0.2, 0.25) is 0 Å². The number of hydrogen-bond donors (Lipinski definition) is 1. The van der Waals surface area contributed by atoms with Gasteiger partial charge in [0.15, 0.2) is 0 Å². The highest BCUT2D eigenvalue weighted by molar-refractivity contribution is 5.99. The van der Waals surface area contributed by atoms with E-state index >= 15 is 0 Å². The van der Waals surface area contributed by atoms with E-state index in [4.69, 9.17) is 5.73 Å². The number of benzene rings is 1. The third-order valence-corrected chi connectivity index (χ3v) is 3.85. The van der Waals surface area contributed by atoms with E-state index in [-0.39, 0.29) is 11.5 Å². The maximum atomic E-state index is 14.2. The zero-order chi connectivity index (χ0) is 15.0. The maximum absolute atomic E-state index is 14.2. The second-order valence-electron chi connectivity index (χ2n) is 5.38. The first kappa shape index (κ1) is 13.8. The largest absolute Gasteiger partial charge is 0.384 e. The zero-order valence-corrected chi connectivity index (χ0v) is 11.8. The molecule has 1 aromatic heterocycles. The lowest BCUT2D eigenvalue weighted by atomic mass is 10.1. The third kappa shape index (κ3) is 2.67. The van der Waals surface area contributed by atoms with E-state index in [1.54, 1.807) is 17.0 Å². The summed E-state index contributed by atoms with van der Waals surface area (Å²) in [5.41, 5.74) is 5.74. The Bertz CT molecular complexity index is 695. The van der Waals surface area contributed by atoms with Crippen molar-refractivity contribution in [3.05, 3.63) is 35.8 Å². The van der Waals surface area contributed by atoms with Crippen LogP contribution in [-0.2, 0) is 0 Å². The SMILES string of the molecule is CN1CCN(C(=O)c2cc3cc(N)ncc3cc2F)CC1. The summed E-state index contributed by atoms with van der Waals surface area (Å²) in [6.45, 7) is 2.84. The van der Waals surface area contributed by atoms with Gasteiger partial charge in [-0.1, -0.05) is 0 Å². The van der Waals surface area contributed by atoms with Crippen LogP contribution in [-0.4, -0.2) is 53.9 Å². The smallest absolute Gasteiger partial charge is 0.256 e. The third-order valence-electron chi connectivity index (χ3n) is 3.85. The molecule has 1 aromatic carbocycles. The Morgan fingerprint density at radius 3 is 2.62 bits per heavy atom. The molecule has 0 spiro atoms. The molecule has 0 radical (unpaired) electrons. The molecule has 1 aliphatic rings. The van der Waals surface area contributed by atoms with Crippen molar-refractivity contribution in [3.8, 4) is 0 Å². The number of anilines is 1. The summed E-state index contributed by atoms with van der Waals surface area (Å²) < 4.78 is 14.2. The van der Waals surface area contributed by atoms with Gasteiger partial charge in [0.25, 0.3) is 5.91 Å². The van der Waals surface area contributed by atoms with E-state index in [2.05, 4.69) is 9.88 Å². The zero-order valence-electron chi connectivity index (χ0n) is 11.8. The number of carbonyl (C=O) groups is 1. The number of nitrogens with two attached hydrogens (primary N) is 1. The molecular formula is C15H17FN4O. The van der Waals surface area contributed by atoms with Crippen molar-refractivity contribution in [1.29, 1.82) is 0 Å². The summed E-state index contributed by atoms with van der Waals surface area (Å²) in [4.78, 5) is 20.2. The van der Waals surface area contributed by atoms with Gasteiger partial charge in [-0.2, -0.15) is 0 Å². The molecule has 0 atom stereocenters. The number of piperazine rings is 1. The van der Waals surface area contributed by atoms with Crippen molar-refractivity contribution in [1.82, 2.24) is 14.8 Å². The molecule has 0 unspecified atom stereocenters. The predicted octanol–water partition coefficient (Wildman–Crippen LogP) is 1.34. The number of fused-ring (bicyclic) bond motifs is 1. The lowest BCUT2D eigenvalue weighted by Gasteiger charge is -2.32. The quantitative estimate of drug-likeness (QED) is 0.860. The summed E-state index contributed by atoms with van der Waals surface area (Å²) in [5, 5.41) is 1.36. The molecule has 2 aromatic rings. The number of halogens is 1. The Hall–Kier alpha value is -2.21. The van der Waals surface area contributed by atoms with Crippen LogP contribution in [0.1, 0.15) is 10.4 Å². The molecule has 1 saturated heterocycles. The normalized spacial score (nSPS) is 16.4. The number of aromatic nitrogens is 1. The molecule has 3 rings (SSSR count). The van der Waals surface area contributed by atoms with Gasteiger partial charge >= 0.3 is 0 Å². The fraction of sp³-hybridized carbons (Fsp3) is 0.333. The second-order valence-corrected chi connectivity index (χ2v) is 5.38. The van der Waals surface area contributed by atoms with Crippen molar-refractivity contribution >= 4 is 22.5 Å². The molecule has 1 aliphatic heterocycles. The Morgan fingerprint density at radius 2 is 1.90 bits per heavy atom. The molecule has 0 aliphatic carbocycles. The van der Waals surface area contributed by atoms with E-state index < -0.39 is 5.82 Å². The van der Waals surface area contributed by atoms with Crippen molar-refractivity contribution in [2.45, 2.75) is 0 Å². The Morgan fingerprint density at radius 1 is 1.19 bits per heavy atom. The summed E-state index contributed by atoms with van der Waals surface area (Å²) in [5.74, 6) is -0.428. The van der Waals surface area contributed by atoms with E-state index in [0.717, 1.165) is 18.5 Å². The van der Waals surface area contributed by atoms with Crippen LogP contribution < -0.4 is 5.73 Å². The first-order valence-corrected chi connectivity index (χ1v) is 6.87. The minimum Gasteiger partial charge on any atom is -0.384 e. The molecule has 21 heavy (non-hydrogen) atoms. The van der Waals surface area contributed by atoms with Crippen LogP contribution in [0.3, 0.4) is 0 Å². The van der Waals surface area contributed by atoms with Crippen LogP contribution in [0, 0.1) is 5.82 Å². The number of nitrogen functional groups attached to an aromatic ring is 1. The minimum atomic E-state index is -0.516. The minimum absolute atomic E-state index is 0.0950. The number of hydrogen-bond acceptors (Lipinski definition) is 4. The predicted molar refractivity (Wildman–Crippen MR) is 79.5 cm³/mol. The molecule has 1 fully saturated rings. The van der Waals surface area contributed by atoms with Gasteiger partial charge in [0, 0.05) is 37.8 Å². The van der Waals surface area contributed by atoms with E-state index in [9.17, 15) is 9.18 Å². The lowest BCUT2D eigenvalue weighted by molar-refractivity contribution is 0.0659. The molecule has 2 heterocycles. The van der Waals surface area contributed by atoms with Crippen LogP contribution >= 0.6 is 0 Å². The summed E-state index contributed by atoms with van der Waals surface area (Å²) in [7, 11) is 2.01. The first-order valence-electron chi connectivity index (χ1n) is 6.87. The summed E-state index contributed by atoms with van der Waals surface area (Å²) >= 11 is 0.